The predicted octanol–water partition coefficient (Wildman–Crippen LogP) is 4.33. The number of halogens is 4. The van der Waals surface area contributed by atoms with Gasteiger partial charge in [-0.05, 0) is 30.2 Å². The van der Waals surface area contributed by atoms with Crippen LogP contribution in [0.2, 0.25) is 5.15 Å². The molecule has 4 nitrogen and oxygen atoms in total. The van der Waals surface area contributed by atoms with Crippen LogP contribution in [-0.2, 0) is 12.6 Å². The fraction of sp³-hybridized carbons (Fsp3) is 0.167. The molecule has 0 bridgehead atoms. The molecule has 8 heteroatoms. The van der Waals surface area contributed by atoms with E-state index < -0.39 is 23.1 Å². The second-order valence-electron chi connectivity index (χ2n) is 5.79. The summed E-state index contributed by atoms with van der Waals surface area (Å²) in [7, 11) is 0. The summed E-state index contributed by atoms with van der Waals surface area (Å²) in [5.41, 5.74) is -0.766. The van der Waals surface area contributed by atoms with E-state index in [-0.39, 0.29) is 33.7 Å². The lowest BCUT2D eigenvalue weighted by Crippen LogP contribution is -2.12. The standard InChI is InChI=1S/C18H12ClF3N2O2/c1-9-10(3-2-4-14(9)18(20,21)22)8-15(25)11-5-6-12-13(7-11)17(26)24-23-16(12)19/h2-7H,8H2,1H3,(H,24,26). The van der Waals surface area contributed by atoms with E-state index in [2.05, 4.69) is 10.2 Å². The molecule has 2 aromatic carbocycles. The molecule has 3 aromatic rings. The molecule has 0 saturated heterocycles. The summed E-state index contributed by atoms with van der Waals surface area (Å²) >= 11 is 5.90. The number of rotatable bonds is 3. The van der Waals surface area contributed by atoms with Crippen molar-refractivity contribution in [3.63, 3.8) is 0 Å². The predicted molar refractivity (Wildman–Crippen MR) is 91.6 cm³/mol. The average Bonchev–Trinajstić information content (AvgIpc) is 2.58. The zero-order valence-electron chi connectivity index (χ0n) is 13.4. The van der Waals surface area contributed by atoms with Crippen LogP contribution in [0.25, 0.3) is 10.8 Å². The molecule has 0 aliphatic carbocycles. The summed E-state index contributed by atoms with van der Waals surface area (Å²) < 4.78 is 39.0. The Labute approximate surface area is 150 Å². The van der Waals surface area contributed by atoms with Crippen molar-refractivity contribution < 1.29 is 18.0 Å². The normalized spacial score (nSPS) is 11.7. The molecule has 0 aliphatic rings. The molecule has 0 spiro atoms. The van der Waals surface area contributed by atoms with Crippen LogP contribution in [0.5, 0.6) is 0 Å². The van der Waals surface area contributed by atoms with E-state index in [9.17, 15) is 22.8 Å². The molecule has 0 saturated carbocycles. The highest BCUT2D eigenvalue weighted by molar-refractivity contribution is 6.34. The number of alkyl halides is 3. The maximum atomic E-state index is 13.0. The van der Waals surface area contributed by atoms with Crippen LogP contribution < -0.4 is 5.56 Å². The highest BCUT2D eigenvalue weighted by atomic mass is 35.5. The number of H-pyrrole nitrogens is 1. The quantitative estimate of drug-likeness (QED) is 0.688. The van der Waals surface area contributed by atoms with E-state index in [4.69, 9.17) is 11.6 Å². The van der Waals surface area contributed by atoms with Crippen molar-refractivity contribution in [2.45, 2.75) is 19.5 Å². The summed E-state index contributed by atoms with van der Waals surface area (Å²) in [6, 6.07) is 8.07. The fourth-order valence-electron chi connectivity index (χ4n) is 2.76. The summed E-state index contributed by atoms with van der Waals surface area (Å²) in [4.78, 5) is 24.4. The zero-order chi connectivity index (χ0) is 19.1. The minimum atomic E-state index is -4.48. The van der Waals surface area contributed by atoms with Gasteiger partial charge in [0.25, 0.3) is 5.56 Å². The van der Waals surface area contributed by atoms with Gasteiger partial charge in [-0.3, -0.25) is 9.59 Å². The Hall–Kier alpha value is -2.67. The minimum Gasteiger partial charge on any atom is -0.294 e. The highest BCUT2D eigenvalue weighted by Crippen LogP contribution is 2.33. The average molecular weight is 381 g/mol. The van der Waals surface area contributed by atoms with Crippen LogP contribution in [0.3, 0.4) is 0 Å². The maximum absolute atomic E-state index is 13.0. The maximum Gasteiger partial charge on any atom is 0.416 e. The van der Waals surface area contributed by atoms with Crippen LogP contribution in [0.1, 0.15) is 27.0 Å². The van der Waals surface area contributed by atoms with Gasteiger partial charge in [0, 0.05) is 17.4 Å². The third-order valence-corrected chi connectivity index (χ3v) is 4.45. The molecule has 0 aliphatic heterocycles. The summed E-state index contributed by atoms with van der Waals surface area (Å²) in [6.45, 7) is 1.34. The smallest absolute Gasteiger partial charge is 0.294 e. The van der Waals surface area contributed by atoms with Gasteiger partial charge in [0.2, 0.25) is 0 Å². The van der Waals surface area contributed by atoms with Gasteiger partial charge >= 0.3 is 6.18 Å². The van der Waals surface area contributed by atoms with Gasteiger partial charge in [-0.2, -0.15) is 18.3 Å². The molecule has 134 valence electrons. The fourth-order valence-corrected chi connectivity index (χ4v) is 2.97. The first-order valence-electron chi connectivity index (χ1n) is 7.55. The number of carbonyl (C=O) groups is 1. The number of aromatic amines is 1. The second-order valence-corrected chi connectivity index (χ2v) is 6.15. The van der Waals surface area contributed by atoms with Crippen molar-refractivity contribution in [2.75, 3.05) is 0 Å². The molecule has 1 N–H and O–H groups in total. The second kappa shape index (κ2) is 6.57. The number of hydrogen-bond acceptors (Lipinski definition) is 3. The van der Waals surface area contributed by atoms with Crippen molar-refractivity contribution in [1.82, 2.24) is 10.2 Å². The first kappa shape index (κ1) is 18.1. The lowest BCUT2D eigenvalue weighted by atomic mass is 9.95. The Morgan fingerprint density at radius 2 is 1.92 bits per heavy atom. The summed E-state index contributed by atoms with van der Waals surface area (Å²) in [5, 5.41) is 6.52. The van der Waals surface area contributed by atoms with E-state index in [1.54, 1.807) is 0 Å². The van der Waals surface area contributed by atoms with E-state index >= 15 is 0 Å². The zero-order valence-corrected chi connectivity index (χ0v) is 14.2. The van der Waals surface area contributed by atoms with Gasteiger partial charge in [0.1, 0.15) is 0 Å². The Balaban J connectivity index is 1.98. The molecule has 1 heterocycles. The van der Waals surface area contributed by atoms with Crippen molar-refractivity contribution in [1.29, 1.82) is 0 Å². The van der Waals surface area contributed by atoms with Gasteiger partial charge < -0.3 is 0 Å². The first-order valence-corrected chi connectivity index (χ1v) is 7.93. The van der Waals surface area contributed by atoms with Crippen LogP contribution in [0, 0.1) is 6.92 Å². The molecule has 1 aromatic heterocycles. The van der Waals surface area contributed by atoms with E-state index in [1.807, 2.05) is 0 Å². The molecule has 3 rings (SSSR count). The van der Waals surface area contributed by atoms with Gasteiger partial charge in [0.15, 0.2) is 10.9 Å². The lowest BCUT2D eigenvalue weighted by Gasteiger charge is -2.13. The van der Waals surface area contributed by atoms with E-state index in [0.717, 1.165) is 6.07 Å². The molecule has 0 radical (unpaired) electrons. The largest absolute Gasteiger partial charge is 0.416 e. The van der Waals surface area contributed by atoms with E-state index in [1.165, 1.54) is 37.3 Å². The number of fused-ring (bicyclic) bond motifs is 1. The van der Waals surface area contributed by atoms with Crippen molar-refractivity contribution in [3.8, 4) is 0 Å². The Kier molecular flexibility index (Phi) is 4.58. The highest BCUT2D eigenvalue weighted by Gasteiger charge is 2.33. The third kappa shape index (κ3) is 3.35. The molecule has 0 atom stereocenters. The number of hydrogen-bond donors (Lipinski definition) is 1. The molecule has 26 heavy (non-hydrogen) atoms. The van der Waals surface area contributed by atoms with Gasteiger partial charge in [-0.15, -0.1) is 0 Å². The van der Waals surface area contributed by atoms with Crippen molar-refractivity contribution >= 4 is 28.2 Å². The molecular formula is C18H12ClF3N2O2. The topological polar surface area (TPSA) is 62.8 Å². The Bertz CT molecular complexity index is 1070. The number of carbonyl (C=O) groups excluding carboxylic acids is 1. The van der Waals surface area contributed by atoms with Crippen LogP contribution in [0.15, 0.2) is 41.2 Å². The minimum absolute atomic E-state index is 0.0132. The SMILES string of the molecule is Cc1c(CC(=O)c2ccc3c(Cl)n[nH]c(=O)c3c2)cccc1C(F)(F)F. The monoisotopic (exact) mass is 380 g/mol. The van der Waals surface area contributed by atoms with Crippen molar-refractivity contribution in [3.05, 3.63) is 74.2 Å². The summed E-state index contributed by atoms with van der Waals surface area (Å²) in [5.74, 6) is -0.401. The van der Waals surface area contributed by atoms with Crippen LogP contribution in [0.4, 0.5) is 13.2 Å². The van der Waals surface area contributed by atoms with Crippen LogP contribution >= 0.6 is 11.6 Å². The number of nitrogens with zero attached hydrogens (tertiary/aromatic N) is 1. The number of ketones is 1. The molecular weight excluding hydrogens is 369 g/mol. The molecule has 0 fully saturated rings. The van der Waals surface area contributed by atoms with Gasteiger partial charge in [0.05, 0.1) is 10.9 Å². The molecule has 0 amide bonds. The van der Waals surface area contributed by atoms with Gasteiger partial charge in [-0.1, -0.05) is 35.9 Å². The number of benzene rings is 2. The van der Waals surface area contributed by atoms with Crippen LogP contribution in [-0.4, -0.2) is 16.0 Å². The number of Topliss-reactive ketones (excluding diaryl/α,β-unsaturated/α-hetero) is 1. The first-order chi connectivity index (χ1) is 12.2. The summed E-state index contributed by atoms with van der Waals surface area (Å²) in [6.07, 6.45) is -4.69. The number of nitrogens with one attached hydrogen (secondary N) is 1. The van der Waals surface area contributed by atoms with Crippen molar-refractivity contribution in [2.24, 2.45) is 0 Å². The Morgan fingerprint density at radius 1 is 1.19 bits per heavy atom. The molecule has 0 unspecified atom stereocenters. The third-order valence-electron chi connectivity index (χ3n) is 4.17. The van der Waals surface area contributed by atoms with Gasteiger partial charge in [-0.25, -0.2) is 5.10 Å². The Morgan fingerprint density at radius 3 is 2.62 bits per heavy atom. The number of aromatic nitrogens is 2. The lowest BCUT2D eigenvalue weighted by molar-refractivity contribution is -0.138. The van der Waals surface area contributed by atoms with E-state index in [0.29, 0.717) is 5.39 Å².